The molecular weight excluding hydrogens is 400 g/mol. The van der Waals surface area contributed by atoms with Crippen LogP contribution in [0.1, 0.15) is 16.7 Å². The maximum absolute atomic E-state index is 12.1. The topological polar surface area (TPSA) is 98.5 Å². The summed E-state index contributed by atoms with van der Waals surface area (Å²) in [5.41, 5.74) is 2.94. The average Bonchev–Trinajstić information content (AvgIpc) is 2.71. The Morgan fingerprint density at radius 2 is 1.63 bits per heavy atom. The highest BCUT2D eigenvalue weighted by atomic mass is 32.2. The second kappa shape index (κ2) is 9.87. The number of carbonyl (C=O) groups excluding carboxylic acids is 1. The third-order valence-electron chi connectivity index (χ3n) is 4.12. The SMILES string of the molecule is NS(=O)(=O)Cc1cccc(NC(=O)C=Cc2ccc(OCc3ccccc3)cc2)c1. The maximum Gasteiger partial charge on any atom is 0.248 e. The predicted octanol–water partition coefficient (Wildman–Crippen LogP) is 3.71. The van der Waals surface area contributed by atoms with E-state index >= 15 is 0 Å². The van der Waals surface area contributed by atoms with Gasteiger partial charge in [-0.05, 0) is 47.0 Å². The van der Waals surface area contributed by atoms with Crippen molar-refractivity contribution in [1.82, 2.24) is 0 Å². The number of hydrogen-bond acceptors (Lipinski definition) is 4. The molecule has 0 aliphatic carbocycles. The van der Waals surface area contributed by atoms with Crippen molar-refractivity contribution in [3.63, 3.8) is 0 Å². The summed E-state index contributed by atoms with van der Waals surface area (Å²) in [6, 6.07) is 23.9. The second-order valence-electron chi connectivity index (χ2n) is 6.67. The van der Waals surface area contributed by atoms with Gasteiger partial charge in [0.05, 0.1) is 5.75 Å². The molecule has 6 nitrogen and oxygen atoms in total. The van der Waals surface area contributed by atoms with Gasteiger partial charge in [0.25, 0.3) is 0 Å². The molecule has 3 rings (SSSR count). The highest BCUT2D eigenvalue weighted by molar-refractivity contribution is 7.88. The fourth-order valence-corrected chi connectivity index (χ4v) is 3.39. The van der Waals surface area contributed by atoms with Gasteiger partial charge in [-0.3, -0.25) is 4.79 Å². The molecule has 3 N–H and O–H groups in total. The Kier molecular flexibility index (Phi) is 7.00. The number of hydrogen-bond donors (Lipinski definition) is 2. The molecule has 0 aliphatic rings. The van der Waals surface area contributed by atoms with Gasteiger partial charge in [-0.15, -0.1) is 0 Å². The molecule has 154 valence electrons. The number of primary sulfonamides is 1. The largest absolute Gasteiger partial charge is 0.489 e. The van der Waals surface area contributed by atoms with Gasteiger partial charge in [0, 0.05) is 11.8 Å². The van der Waals surface area contributed by atoms with E-state index in [1.54, 1.807) is 30.3 Å². The van der Waals surface area contributed by atoms with Crippen LogP contribution in [0.4, 0.5) is 5.69 Å². The quantitative estimate of drug-likeness (QED) is 0.541. The highest BCUT2D eigenvalue weighted by Gasteiger charge is 2.06. The Morgan fingerprint density at radius 1 is 0.933 bits per heavy atom. The average molecular weight is 423 g/mol. The van der Waals surface area contributed by atoms with E-state index in [-0.39, 0.29) is 11.7 Å². The molecule has 1 amide bonds. The maximum atomic E-state index is 12.1. The molecule has 0 atom stereocenters. The molecule has 0 spiro atoms. The number of ether oxygens (including phenoxy) is 1. The monoisotopic (exact) mass is 422 g/mol. The third-order valence-corrected chi connectivity index (χ3v) is 4.85. The first-order valence-corrected chi connectivity index (χ1v) is 10.9. The van der Waals surface area contributed by atoms with Crippen molar-refractivity contribution in [2.24, 2.45) is 5.14 Å². The van der Waals surface area contributed by atoms with Crippen LogP contribution in [0.2, 0.25) is 0 Å². The Labute approximate surface area is 176 Å². The van der Waals surface area contributed by atoms with E-state index in [9.17, 15) is 13.2 Å². The number of amides is 1. The van der Waals surface area contributed by atoms with E-state index in [4.69, 9.17) is 9.88 Å². The van der Waals surface area contributed by atoms with Crippen LogP contribution in [-0.4, -0.2) is 14.3 Å². The smallest absolute Gasteiger partial charge is 0.248 e. The fraction of sp³-hybridized carbons (Fsp3) is 0.0870. The summed E-state index contributed by atoms with van der Waals surface area (Å²) in [5, 5.41) is 7.76. The molecule has 7 heteroatoms. The number of nitrogens with one attached hydrogen (secondary N) is 1. The fourth-order valence-electron chi connectivity index (χ4n) is 2.74. The van der Waals surface area contributed by atoms with Gasteiger partial charge < -0.3 is 10.1 Å². The molecule has 0 bridgehead atoms. The zero-order chi connectivity index (χ0) is 21.4. The van der Waals surface area contributed by atoms with E-state index in [2.05, 4.69) is 5.32 Å². The standard InChI is InChI=1S/C23H22N2O4S/c24-30(27,28)17-20-7-4-8-21(15-20)25-23(26)14-11-18-9-12-22(13-10-18)29-16-19-5-2-1-3-6-19/h1-15H,16-17H2,(H,25,26)(H2,24,27,28). The summed E-state index contributed by atoms with van der Waals surface area (Å²) in [6.45, 7) is 0.489. The van der Waals surface area contributed by atoms with Gasteiger partial charge in [-0.25, -0.2) is 13.6 Å². The van der Waals surface area contributed by atoms with Crippen molar-refractivity contribution >= 4 is 27.7 Å². The van der Waals surface area contributed by atoms with E-state index in [0.717, 1.165) is 16.9 Å². The van der Waals surface area contributed by atoms with E-state index < -0.39 is 10.0 Å². The van der Waals surface area contributed by atoms with E-state index in [0.29, 0.717) is 17.9 Å². The summed E-state index contributed by atoms with van der Waals surface area (Å²) < 4.78 is 28.1. The Hall–Kier alpha value is -3.42. The van der Waals surface area contributed by atoms with E-state index in [1.165, 1.54) is 6.08 Å². The molecule has 3 aromatic rings. The number of anilines is 1. The summed E-state index contributed by atoms with van der Waals surface area (Å²) >= 11 is 0. The molecule has 3 aromatic carbocycles. The number of nitrogens with two attached hydrogens (primary N) is 1. The summed E-state index contributed by atoms with van der Waals surface area (Å²) in [6.07, 6.45) is 3.09. The molecule has 0 fully saturated rings. The van der Waals surface area contributed by atoms with Crippen molar-refractivity contribution in [3.05, 3.63) is 102 Å². The lowest BCUT2D eigenvalue weighted by Crippen LogP contribution is -2.15. The minimum Gasteiger partial charge on any atom is -0.489 e. The Morgan fingerprint density at radius 3 is 2.33 bits per heavy atom. The lowest BCUT2D eigenvalue weighted by Gasteiger charge is -2.06. The predicted molar refractivity (Wildman–Crippen MR) is 118 cm³/mol. The van der Waals surface area contributed by atoms with Crippen LogP contribution < -0.4 is 15.2 Å². The molecular formula is C23H22N2O4S. The first-order chi connectivity index (χ1) is 14.4. The summed E-state index contributed by atoms with van der Waals surface area (Å²) in [7, 11) is -3.63. The van der Waals surface area contributed by atoms with Gasteiger partial charge in [0.1, 0.15) is 12.4 Å². The molecule has 0 aliphatic heterocycles. The zero-order valence-corrected chi connectivity index (χ0v) is 17.0. The summed E-state index contributed by atoms with van der Waals surface area (Å²) in [5.74, 6) is 0.130. The van der Waals surface area contributed by atoms with E-state index in [1.807, 2.05) is 54.6 Å². The number of carbonyl (C=O) groups is 1. The van der Waals surface area contributed by atoms with Crippen LogP contribution in [-0.2, 0) is 27.2 Å². The first kappa shape index (κ1) is 21.3. The molecule has 30 heavy (non-hydrogen) atoms. The second-order valence-corrected chi connectivity index (χ2v) is 8.29. The Bertz CT molecular complexity index is 1130. The van der Waals surface area contributed by atoms with Crippen LogP contribution in [0, 0.1) is 0 Å². The molecule has 0 saturated carbocycles. The van der Waals surface area contributed by atoms with Gasteiger partial charge in [0.15, 0.2) is 0 Å². The van der Waals surface area contributed by atoms with Gasteiger partial charge in [-0.2, -0.15) is 0 Å². The van der Waals surface area contributed by atoms with Crippen molar-refractivity contribution in [2.75, 3.05) is 5.32 Å². The van der Waals surface area contributed by atoms with Crippen LogP contribution >= 0.6 is 0 Å². The van der Waals surface area contributed by atoms with Crippen molar-refractivity contribution < 1.29 is 17.9 Å². The minimum atomic E-state index is -3.63. The van der Waals surface area contributed by atoms with Gasteiger partial charge in [-0.1, -0.05) is 54.6 Å². The number of rotatable bonds is 8. The van der Waals surface area contributed by atoms with Crippen LogP contribution in [0.5, 0.6) is 5.75 Å². The third kappa shape index (κ3) is 7.20. The molecule has 0 aromatic heterocycles. The van der Waals surface area contributed by atoms with Crippen LogP contribution in [0.15, 0.2) is 84.9 Å². The molecule has 0 radical (unpaired) electrons. The van der Waals surface area contributed by atoms with Gasteiger partial charge in [0.2, 0.25) is 15.9 Å². The van der Waals surface area contributed by atoms with Crippen molar-refractivity contribution in [1.29, 1.82) is 0 Å². The Balaban J connectivity index is 1.54. The van der Waals surface area contributed by atoms with Crippen molar-refractivity contribution in [2.45, 2.75) is 12.4 Å². The zero-order valence-electron chi connectivity index (χ0n) is 16.2. The number of sulfonamides is 1. The summed E-state index contributed by atoms with van der Waals surface area (Å²) in [4.78, 5) is 12.1. The normalized spacial score (nSPS) is 11.4. The van der Waals surface area contributed by atoms with Crippen molar-refractivity contribution in [3.8, 4) is 5.75 Å². The molecule has 0 unspecified atom stereocenters. The van der Waals surface area contributed by atoms with Gasteiger partial charge >= 0.3 is 0 Å². The van der Waals surface area contributed by atoms with Crippen LogP contribution in [0.3, 0.4) is 0 Å². The first-order valence-electron chi connectivity index (χ1n) is 9.23. The number of benzene rings is 3. The molecule has 0 saturated heterocycles. The molecule has 0 heterocycles. The lowest BCUT2D eigenvalue weighted by atomic mass is 10.2. The lowest BCUT2D eigenvalue weighted by molar-refractivity contribution is -0.111. The van der Waals surface area contributed by atoms with Crippen LogP contribution in [0.25, 0.3) is 6.08 Å². The minimum absolute atomic E-state index is 0.286. The highest BCUT2D eigenvalue weighted by Crippen LogP contribution is 2.16.